The summed E-state index contributed by atoms with van der Waals surface area (Å²) < 4.78 is 1.72. The first-order valence-electron chi connectivity index (χ1n) is 8.67. The average Bonchev–Trinajstić information content (AvgIpc) is 3.19. The Morgan fingerprint density at radius 2 is 1.89 bits per heavy atom. The van der Waals surface area contributed by atoms with Crippen LogP contribution >= 0.6 is 23.4 Å². The van der Waals surface area contributed by atoms with E-state index in [-0.39, 0.29) is 5.91 Å². The number of amides is 1. The second-order valence-corrected chi connectivity index (χ2v) is 7.53. The van der Waals surface area contributed by atoms with Crippen LogP contribution in [0.1, 0.15) is 23.0 Å². The van der Waals surface area contributed by atoms with Crippen LogP contribution in [0.4, 0.5) is 5.69 Å². The Bertz CT molecular complexity index is 1130. The molecule has 6 nitrogen and oxygen atoms in total. The second kappa shape index (κ2) is 8.00. The maximum Gasteiger partial charge on any atom is 0.255 e. The summed E-state index contributed by atoms with van der Waals surface area (Å²) in [7, 11) is 0. The highest BCUT2D eigenvalue weighted by atomic mass is 35.5. The van der Waals surface area contributed by atoms with E-state index < -0.39 is 0 Å². The number of carbonyl (C=O) groups is 1. The van der Waals surface area contributed by atoms with E-state index in [1.54, 1.807) is 40.5 Å². The minimum Gasteiger partial charge on any atom is -0.322 e. The van der Waals surface area contributed by atoms with E-state index in [1.165, 1.54) is 6.33 Å². The van der Waals surface area contributed by atoms with Gasteiger partial charge in [-0.1, -0.05) is 30.3 Å². The van der Waals surface area contributed by atoms with Crippen molar-refractivity contribution in [3.8, 4) is 0 Å². The third-order valence-corrected chi connectivity index (χ3v) is 5.34. The third kappa shape index (κ3) is 4.00. The van der Waals surface area contributed by atoms with Gasteiger partial charge in [-0.2, -0.15) is 14.6 Å². The quantitative estimate of drug-likeness (QED) is 0.482. The molecule has 0 aliphatic rings. The Balaban J connectivity index is 1.50. The second-order valence-electron chi connectivity index (χ2n) is 6.00. The largest absolute Gasteiger partial charge is 0.322 e. The number of benzene rings is 2. The van der Waals surface area contributed by atoms with Crippen molar-refractivity contribution < 1.29 is 4.79 Å². The number of aromatic nitrogens is 4. The first kappa shape index (κ1) is 18.5. The van der Waals surface area contributed by atoms with E-state index in [4.69, 9.17) is 11.6 Å². The zero-order chi connectivity index (χ0) is 19.5. The molecule has 1 N–H and O–H groups in total. The van der Waals surface area contributed by atoms with Gasteiger partial charge in [0.25, 0.3) is 11.7 Å². The summed E-state index contributed by atoms with van der Waals surface area (Å²) in [5.74, 6) is 0.414. The predicted octanol–water partition coefficient (Wildman–Crippen LogP) is 4.74. The molecule has 0 fully saturated rings. The summed E-state index contributed by atoms with van der Waals surface area (Å²) in [6.07, 6.45) is 2.33. The van der Waals surface area contributed by atoms with Crippen LogP contribution in [-0.2, 0) is 6.42 Å². The molecule has 0 saturated carbocycles. The molecular formula is C20H16ClN5OS. The van der Waals surface area contributed by atoms with Gasteiger partial charge in [0.1, 0.15) is 11.4 Å². The molecule has 8 heteroatoms. The van der Waals surface area contributed by atoms with Crippen LogP contribution in [0.5, 0.6) is 0 Å². The lowest BCUT2D eigenvalue weighted by Crippen LogP contribution is -2.11. The van der Waals surface area contributed by atoms with Crippen molar-refractivity contribution in [2.45, 2.75) is 23.3 Å². The van der Waals surface area contributed by atoms with Gasteiger partial charge in [0.2, 0.25) is 0 Å². The van der Waals surface area contributed by atoms with Gasteiger partial charge in [-0.3, -0.25) is 4.79 Å². The summed E-state index contributed by atoms with van der Waals surface area (Å²) in [4.78, 5) is 22.0. The fraction of sp³-hybridized carbons (Fsp3) is 0.100. The van der Waals surface area contributed by atoms with Crippen molar-refractivity contribution in [2.24, 2.45) is 0 Å². The summed E-state index contributed by atoms with van der Waals surface area (Å²) in [6, 6.07) is 16.4. The minimum absolute atomic E-state index is 0.178. The van der Waals surface area contributed by atoms with E-state index in [1.807, 2.05) is 30.3 Å². The molecule has 0 aliphatic carbocycles. The number of halogens is 1. The van der Waals surface area contributed by atoms with Gasteiger partial charge < -0.3 is 5.32 Å². The van der Waals surface area contributed by atoms with Crippen molar-refractivity contribution in [2.75, 3.05) is 5.32 Å². The van der Waals surface area contributed by atoms with Crippen LogP contribution in [0.3, 0.4) is 0 Å². The van der Waals surface area contributed by atoms with Crippen LogP contribution < -0.4 is 5.32 Å². The summed E-state index contributed by atoms with van der Waals surface area (Å²) in [5, 5.41) is 8.67. The number of carbonyl (C=O) groups excluding carboxylic acids is 1. The summed E-state index contributed by atoms with van der Waals surface area (Å²) in [6.45, 7) is 2.06. The molecular weight excluding hydrogens is 394 g/mol. The number of hydrogen-bond acceptors (Lipinski definition) is 5. The van der Waals surface area contributed by atoms with Gasteiger partial charge in [0.15, 0.2) is 0 Å². The number of nitrogens with one attached hydrogen (secondary N) is 1. The maximum atomic E-state index is 12.3. The third-order valence-electron chi connectivity index (χ3n) is 4.08. The van der Waals surface area contributed by atoms with E-state index in [0.717, 1.165) is 27.7 Å². The van der Waals surface area contributed by atoms with Gasteiger partial charge in [0, 0.05) is 26.9 Å². The number of aryl methyl sites for hydroxylation is 1. The van der Waals surface area contributed by atoms with Crippen LogP contribution in [0.2, 0.25) is 5.02 Å². The van der Waals surface area contributed by atoms with Gasteiger partial charge >= 0.3 is 0 Å². The predicted molar refractivity (Wildman–Crippen MR) is 110 cm³/mol. The number of nitrogens with zero attached hydrogens (tertiary/aromatic N) is 4. The van der Waals surface area contributed by atoms with Crippen LogP contribution in [-0.4, -0.2) is 25.5 Å². The first-order valence-corrected chi connectivity index (χ1v) is 9.86. The first-order chi connectivity index (χ1) is 13.6. The van der Waals surface area contributed by atoms with Crippen molar-refractivity contribution >= 4 is 40.7 Å². The average molecular weight is 410 g/mol. The normalized spacial score (nSPS) is 10.9. The zero-order valence-electron chi connectivity index (χ0n) is 15.0. The van der Waals surface area contributed by atoms with E-state index in [0.29, 0.717) is 16.4 Å². The highest BCUT2D eigenvalue weighted by Crippen LogP contribution is 2.29. The van der Waals surface area contributed by atoms with Crippen LogP contribution in [0.25, 0.3) is 5.78 Å². The Morgan fingerprint density at radius 3 is 2.61 bits per heavy atom. The fourth-order valence-corrected chi connectivity index (χ4v) is 3.67. The highest BCUT2D eigenvalue weighted by molar-refractivity contribution is 7.99. The van der Waals surface area contributed by atoms with E-state index in [2.05, 4.69) is 27.3 Å². The topological polar surface area (TPSA) is 72.2 Å². The lowest BCUT2D eigenvalue weighted by molar-refractivity contribution is 0.102. The summed E-state index contributed by atoms with van der Waals surface area (Å²) >= 11 is 7.43. The molecule has 0 spiro atoms. The van der Waals surface area contributed by atoms with E-state index >= 15 is 0 Å². The minimum atomic E-state index is -0.178. The molecule has 0 unspecified atom stereocenters. The molecule has 2 heterocycles. The Hall–Kier alpha value is -2.90. The molecule has 1 amide bonds. The van der Waals surface area contributed by atoms with Crippen LogP contribution in [0, 0.1) is 0 Å². The molecule has 0 atom stereocenters. The van der Waals surface area contributed by atoms with Crippen molar-refractivity contribution in [1.29, 1.82) is 0 Å². The van der Waals surface area contributed by atoms with Crippen molar-refractivity contribution in [3.05, 3.63) is 77.2 Å². The highest BCUT2D eigenvalue weighted by Gasteiger charge is 2.10. The van der Waals surface area contributed by atoms with Gasteiger partial charge in [-0.05, 0) is 61.0 Å². The molecule has 2 aromatic heterocycles. The summed E-state index contributed by atoms with van der Waals surface area (Å²) in [5.41, 5.74) is 2.24. The molecule has 0 aliphatic heterocycles. The lowest BCUT2D eigenvalue weighted by Gasteiger charge is -2.08. The maximum absolute atomic E-state index is 12.3. The lowest BCUT2D eigenvalue weighted by atomic mass is 10.2. The SMILES string of the molecule is CCc1cc(Sc2ccc(NC(=O)c3ccc(Cl)cc3)cc2)n2ncnc2n1. The Kier molecular flexibility index (Phi) is 5.27. The number of fused-ring (bicyclic) bond motifs is 1. The molecule has 140 valence electrons. The standard InChI is InChI=1S/C20H16ClN5OS/c1-2-15-11-18(26-20(25-15)22-12-23-26)28-17-9-7-16(8-10-17)24-19(27)13-3-5-14(21)6-4-13/h3-12H,2H2,1H3,(H,24,27). The van der Waals surface area contributed by atoms with Gasteiger partial charge in [0.05, 0.1) is 0 Å². The van der Waals surface area contributed by atoms with Crippen molar-refractivity contribution in [3.63, 3.8) is 0 Å². The number of rotatable bonds is 5. The monoisotopic (exact) mass is 409 g/mol. The molecule has 4 aromatic rings. The van der Waals surface area contributed by atoms with Gasteiger partial charge in [-0.25, -0.2) is 4.98 Å². The van der Waals surface area contributed by atoms with Gasteiger partial charge in [-0.15, -0.1) is 0 Å². The molecule has 28 heavy (non-hydrogen) atoms. The Labute approximate surface area is 171 Å². The molecule has 0 radical (unpaired) electrons. The van der Waals surface area contributed by atoms with Crippen molar-refractivity contribution in [1.82, 2.24) is 19.6 Å². The number of anilines is 1. The number of hydrogen-bond donors (Lipinski definition) is 1. The van der Waals surface area contributed by atoms with Crippen LogP contribution in [0.15, 0.2) is 70.8 Å². The smallest absolute Gasteiger partial charge is 0.255 e. The Morgan fingerprint density at radius 1 is 1.14 bits per heavy atom. The fourth-order valence-electron chi connectivity index (χ4n) is 2.62. The molecule has 0 saturated heterocycles. The van der Waals surface area contributed by atoms with E-state index in [9.17, 15) is 4.79 Å². The zero-order valence-corrected chi connectivity index (χ0v) is 16.5. The molecule has 4 rings (SSSR count). The molecule has 2 aromatic carbocycles. The molecule has 0 bridgehead atoms.